The Hall–Kier alpha value is -7.62. The number of nitrogens with zero attached hydrogens (tertiary/aromatic N) is 4. The van der Waals surface area contributed by atoms with E-state index in [0.717, 1.165) is 6.42 Å². The van der Waals surface area contributed by atoms with E-state index < -0.39 is 202 Å². The summed E-state index contributed by atoms with van der Waals surface area (Å²) in [6, 6.07) is 23.1. The van der Waals surface area contributed by atoms with Crippen molar-refractivity contribution in [3.8, 4) is 11.3 Å². The van der Waals surface area contributed by atoms with Crippen LogP contribution in [0.1, 0.15) is 82.9 Å². The third-order valence-corrected chi connectivity index (χ3v) is 20.4. The number of carbonyl (C=O) groups excluding carboxylic acids is 4. The summed E-state index contributed by atoms with van der Waals surface area (Å²) in [5.41, 5.74) is 0.355. The molecule has 12 rings (SSSR count). The topological polar surface area (TPSA) is 464 Å². The standard InChI is InChI=1S/C72H91N7O26/c1-4-13-48(67(92)78-22-12-23-78)98-63-54(75-36(3)82)70(103-52(31-80)57(63)85)102-51-29-40(26-45(79-30-44(76-77-79)37-14-6-5-7-15-37)62(51)105-71-60(88)59(87)55(83)35(2)97-71)65(90)73-20-21-74-66(91)41-27-49(95-33-42-24-38-16-8-10-18-46(38)99-68(42)93)56(84)50(28-41)101-72-61(89)64(58(86)53(32-81)104-72)96-34-43-25-39-17-9-11-19-47(39)100-69(43)94/h5-11,14-19,24-25,30,35,40-41,45,48-64,70-72,80-81,83-89H,4,12-13,20-23,26-29,31-34H2,1-3H3,(H,73,90)(H,74,91)(H,75,82)/t35?,40?,41?,45?,48-,49?,50+,51+,52?,53?,54?,55+,56?,57-,58-,59?,60?,61?,62?,63?,64?,70+,71-,72+/m0/s1. The molecule has 33 heteroatoms. The van der Waals surface area contributed by atoms with Gasteiger partial charge in [-0.15, -0.1) is 5.10 Å². The minimum Gasteiger partial charge on any atom is -0.422 e. The lowest BCUT2D eigenvalue weighted by Crippen LogP contribution is -2.67. The maximum Gasteiger partial charge on any atom is 0.341 e. The molecule has 2 aliphatic carbocycles. The second-order valence-electron chi connectivity index (χ2n) is 27.6. The fourth-order valence-corrected chi connectivity index (χ4v) is 14.5. The van der Waals surface area contributed by atoms with Gasteiger partial charge in [0.15, 0.2) is 18.9 Å². The molecule has 3 aromatic heterocycles. The van der Waals surface area contributed by atoms with Crippen molar-refractivity contribution in [2.75, 3.05) is 39.4 Å². The van der Waals surface area contributed by atoms with Gasteiger partial charge in [-0.05, 0) is 69.7 Å². The number of likely N-dealkylation sites (tertiary alicyclic amines) is 1. The molecule has 24 atom stereocenters. The van der Waals surface area contributed by atoms with Crippen molar-refractivity contribution in [2.24, 2.45) is 11.8 Å². The van der Waals surface area contributed by atoms with Crippen molar-refractivity contribution in [2.45, 2.75) is 214 Å². The van der Waals surface area contributed by atoms with Gasteiger partial charge >= 0.3 is 11.3 Å². The Bertz CT molecular complexity index is 4050. The number of amides is 4. The molecule has 3 aromatic carbocycles. The smallest absolute Gasteiger partial charge is 0.341 e. The highest BCUT2D eigenvalue weighted by molar-refractivity contribution is 5.82. The van der Waals surface area contributed by atoms with Crippen LogP contribution in [0, 0.1) is 11.8 Å². The number of aliphatic hydroxyl groups is 9. The molecule has 0 bridgehead atoms. The minimum absolute atomic E-state index is 0.0449. The highest BCUT2D eigenvalue weighted by Crippen LogP contribution is 2.42. The first kappa shape index (κ1) is 77.0. The first-order valence-corrected chi connectivity index (χ1v) is 35.5. The van der Waals surface area contributed by atoms with E-state index >= 15 is 0 Å². The molecule has 0 radical (unpaired) electrons. The number of fused-ring (bicyclic) bond motifs is 2. The number of ether oxygens (including phenoxy) is 9. The van der Waals surface area contributed by atoms with Gasteiger partial charge in [0, 0.05) is 61.3 Å². The maximum absolute atomic E-state index is 15.0. The van der Waals surface area contributed by atoms with Crippen LogP contribution < -0.4 is 27.2 Å². The van der Waals surface area contributed by atoms with Crippen molar-refractivity contribution >= 4 is 45.6 Å². The fraction of sp³-hybridized carbons (Fsp3) is 0.583. The Morgan fingerprint density at radius 1 is 0.610 bits per heavy atom. The van der Waals surface area contributed by atoms with Crippen molar-refractivity contribution < 1.29 is 117 Å². The molecular formula is C72H91N7O26. The molecule has 15 unspecified atom stereocenters. The number of benzene rings is 3. The van der Waals surface area contributed by atoms with Crippen LogP contribution in [0.15, 0.2) is 116 Å². The Balaban J connectivity index is 0.791. The van der Waals surface area contributed by atoms with Gasteiger partial charge < -0.3 is 118 Å². The van der Waals surface area contributed by atoms with Crippen LogP contribution in [-0.4, -0.2) is 258 Å². The molecule has 6 fully saturated rings. The highest BCUT2D eigenvalue weighted by Gasteiger charge is 2.55. The number of nitrogens with one attached hydrogen (secondary N) is 3. The average Bonchev–Trinajstić information content (AvgIpc) is 1.70. The number of aliphatic hydroxyl groups excluding tert-OH is 9. The summed E-state index contributed by atoms with van der Waals surface area (Å²) in [5, 5.41) is 120. The van der Waals surface area contributed by atoms with E-state index in [1.165, 1.54) is 24.6 Å². The zero-order valence-corrected chi connectivity index (χ0v) is 58.0. The number of para-hydroxylation sites is 2. The molecule has 6 aliphatic rings. The SMILES string of the molecule is CCC[C@H](OC1C(NC(C)=O)[C@H](O[C@@H]2CC(C(=O)NCCNC(=O)C3CC(OCc4cc5ccccc5oc4=O)C(O)[C@H](O[C@@H]4OC(CO)[C@H](O)C(OCc5cc6ccccc6oc5=O)C4O)C3)CC(n3cc(-c4ccccc4)nn3)C2O[C@@H]2OC(C)[C@@H](O)C(O)C2O)OC(CO)[C@@H]1O)C(=O)N1CCC1. The molecule has 4 saturated heterocycles. The van der Waals surface area contributed by atoms with Gasteiger partial charge in [0.2, 0.25) is 17.7 Å². The van der Waals surface area contributed by atoms with E-state index in [2.05, 4.69) is 26.3 Å². The third kappa shape index (κ3) is 17.5. The lowest BCUT2D eigenvalue weighted by atomic mass is 9.80. The molecule has 33 nitrogen and oxygen atoms in total. The van der Waals surface area contributed by atoms with Gasteiger partial charge in [0.1, 0.15) is 102 Å². The van der Waals surface area contributed by atoms with Gasteiger partial charge in [0.25, 0.3) is 5.91 Å². The van der Waals surface area contributed by atoms with E-state index in [-0.39, 0.29) is 62.2 Å². The second-order valence-corrected chi connectivity index (χ2v) is 27.6. The van der Waals surface area contributed by atoms with Crippen molar-refractivity contribution in [3.63, 3.8) is 0 Å². The number of carbonyl (C=O) groups is 4. The Labute approximate surface area is 601 Å². The van der Waals surface area contributed by atoms with Crippen LogP contribution in [0.2, 0.25) is 0 Å². The van der Waals surface area contributed by atoms with E-state index in [9.17, 15) is 74.7 Å². The number of aromatic nitrogens is 3. The van der Waals surface area contributed by atoms with Gasteiger partial charge in [-0.3, -0.25) is 19.2 Å². The summed E-state index contributed by atoms with van der Waals surface area (Å²) in [4.78, 5) is 84.6. The molecule has 2 saturated carbocycles. The molecule has 6 aromatic rings. The predicted molar refractivity (Wildman–Crippen MR) is 363 cm³/mol. The first-order valence-electron chi connectivity index (χ1n) is 35.5. The van der Waals surface area contributed by atoms with Gasteiger partial charge in [0.05, 0.1) is 74.2 Å². The molecule has 7 heterocycles. The zero-order valence-electron chi connectivity index (χ0n) is 58.0. The van der Waals surface area contributed by atoms with Crippen LogP contribution in [0.5, 0.6) is 0 Å². The molecule has 570 valence electrons. The lowest BCUT2D eigenvalue weighted by Gasteiger charge is -2.49. The Morgan fingerprint density at radius 3 is 1.78 bits per heavy atom. The Kier molecular flexibility index (Phi) is 25.3. The van der Waals surface area contributed by atoms with Gasteiger partial charge in [-0.2, -0.15) is 0 Å². The minimum atomic E-state index is -1.86. The molecular weight excluding hydrogens is 1380 g/mol. The number of hydrogen-bond acceptors (Lipinski definition) is 28. The number of hydrogen-bond donors (Lipinski definition) is 12. The second kappa shape index (κ2) is 34.5. The predicted octanol–water partition coefficient (Wildman–Crippen LogP) is -0.926. The molecule has 4 aliphatic heterocycles. The van der Waals surface area contributed by atoms with Crippen molar-refractivity contribution in [1.29, 1.82) is 0 Å². The van der Waals surface area contributed by atoms with Crippen molar-refractivity contribution in [1.82, 2.24) is 35.8 Å². The summed E-state index contributed by atoms with van der Waals surface area (Å²) in [7, 11) is 0. The quantitative estimate of drug-likeness (QED) is 0.0219. The zero-order chi connectivity index (χ0) is 74.3. The molecule has 4 amide bonds. The van der Waals surface area contributed by atoms with Crippen molar-refractivity contribution in [3.05, 3.63) is 129 Å². The first-order chi connectivity index (χ1) is 50.6. The largest absolute Gasteiger partial charge is 0.422 e. The molecule has 0 spiro atoms. The van der Waals surface area contributed by atoms with Crippen LogP contribution in [-0.2, 0) is 75.0 Å². The Morgan fingerprint density at radius 2 is 1.17 bits per heavy atom. The van der Waals surface area contributed by atoms with Crippen LogP contribution in [0.3, 0.4) is 0 Å². The summed E-state index contributed by atoms with van der Waals surface area (Å²) in [6.07, 6.45) is -28.1. The highest BCUT2D eigenvalue weighted by atomic mass is 16.7. The third-order valence-electron chi connectivity index (χ3n) is 20.4. The van der Waals surface area contributed by atoms with E-state index in [0.29, 0.717) is 52.7 Å². The summed E-state index contributed by atoms with van der Waals surface area (Å²) < 4.78 is 69.2. The average molecular weight is 1470 g/mol. The van der Waals surface area contributed by atoms with E-state index in [1.54, 1.807) is 90.0 Å². The molecule has 12 N–H and O–H groups in total. The van der Waals surface area contributed by atoms with Crippen LogP contribution in [0.25, 0.3) is 33.2 Å². The van der Waals surface area contributed by atoms with Crippen LogP contribution >= 0.6 is 0 Å². The fourth-order valence-electron chi connectivity index (χ4n) is 14.5. The van der Waals surface area contributed by atoms with Gasteiger partial charge in [-0.25, -0.2) is 14.3 Å². The summed E-state index contributed by atoms with van der Waals surface area (Å²) in [5.74, 6) is -4.29. The summed E-state index contributed by atoms with van der Waals surface area (Å²) in [6.45, 7) is 2.61. The van der Waals surface area contributed by atoms with E-state index in [4.69, 9.17) is 51.5 Å². The van der Waals surface area contributed by atoms with Gasteiger partial charge in [-0.1, -0.05) is 85.3 Å². The maximum atomic E-state index is 15.0. The van der Waals surface area contributed by atoms with E-state index in [1.807, 2.05) is 13.0 Å². The monoisotopic (exact) mass is 1470 g/mol. The normalized spacial score (nSPS) is 33.2. The summed E-state index contributed by atoms with van der Waals surface area (Å²) >= 11 is 0. The lowest BCUT2D eigenvalue weighted by molar-refractivity contribution is -0.337. The molecule has 105 heavy (non-hydrogen) atoms. The number of rotatable bonds is 27. The van der Waals surface area contributed by atoms with Crippen LogP contribution in [0.4, 0.5) is 0 Å².